The Kier molecular flexibility index (Phi) is 5.21. The van der Waals surface area contributed by atoms with Crippen molar-refractivity contribution in [2.24, 2.45) is 5.29 Å². The van der Waals surface area contributed by atoms with Gasteiger partial charge in [0, 0.05) is 12.1 Å². The molecule has 16 heavy (non-hydrogen) atoms. The Labute approximate surface area is 97.6 Å². The lowest BCUT2D eigenvalue weighted by Crippen LogP contribution is -2.37. The second kappa shape index (κ2) is 6.73. The number of nitroso groups, excluding NO2 is 1. The first-order valence-corrected chi connectivity index (χ1v) is 5.16. The number of nitrogens with one attached hydrogen (secondary N) is 1. The highest BCUT2D eigenvalue weighted by Gasteiger charge is 2.12. The fourth-order valence-corrected chi connectivity index (χ4v) is 1.18. The van der Waals surface area contributed by atoms with Crippen LogP contribution in [0.4, 0.5) is 4.79 Å². The van der Waals surface area contributed by atoms with Crippen LogP contribution in [0.5, 0.6) is 0 Å². The zero-order chi connectivity index (χ0) is 11.8. The van der Waals surface area contributed by atoms with Gasteiger partial charge in [0.25, 0.3) is 0 Å². The van der Waals surface area contributed by atoms with E-state index in [4.69, 9.17) is 11.6 Å². The van der Waals surface area contributed by atoms with Gasteiger partial charge in [0.15, 0.2) is 0 Å². The predicted molar refractivity (Wildman–Crippen MR) is 59.7 cm³/mol. The van der Waals surface area contributed by atoms with Gasteiger partial charge in [-0.1, -0.05) is 6.07 Å². The molecule has 0 saturated heterocycles. The third-order valence-corrected chi connectivity index (χ3v) is 1.95. The summed E-state index contributed by atoms with van der Waals surface area (Å²) in [4.78, 5) is 25.7. The van der Waals surface area contributed by atoms with E-state index in [-0.39, 0.29) is 19.0 Å². The Morgan fingerprint density at radius 2 is 2.38 bits per heavy atom. The molecule has 7 heteroatoms. The van der Waals surface area contributed by atoms with Crippen molar-refractivity contribution in [1.82, 2.24) is 15.3 Å². The Hall–Kier alpha value is -1.69. The van der Waals surface area contributed by atoms with Crippen LogP contribution in [0.25, 0.3) is 0 Å². The molecule has 0 atom stereocenters. The number of amides is 2. The lowest BCUT2D eigenvalue weighted by atomic mass is 10.3. The van der Waals surface area contributed by atoms with E-state index < -0.39 is 6.03 Å². The number of nitrogens with zero attached hydrogens (tertiary/aromatic N) is 3. The molecular weight excluding hydrogens is 232 g/mol. The second-order valence-electron chi connectivity index (χ2n) is 2.87. The topological polar surface area (TPSA) is 74.7 Å². The molecule has 6 nitrogen and oxygen atoms in total. The van der Waals surface area contributed by atoms with Crippen molar-refractivity contribution in [2.45, 2.75) is 6.54 Å². The predicted octanol–water partition coefficient (Wildman–Crippen LogP) is 1.51. The Morgan fingerprint density at radius 1 is 1.56 bits per heavy atom. The van der Waals surface area contributed by atoms with Crippen LogP contribution in [-0.4, -0.2) is 28.4 Å². The molecule has 0 spiro atoms. The number of alkyl halides is 1. The van der Waals surface area contributed by atoms with E-state index >= 15 is 0 Å². The van der Waals surface area contributed by atoms with Crippen LogP contribution in [0.3, 0.4) is 0 Å². The average Bonchev–Trinajstić information content (AvgIpc) is 2.34. The first-order chi connectivity index (χ1) is 7.77. The number of carbonyl (C=O) groups is 1. The van der Waals surface area contributed by atoms with E-state index in [1.807, 2.05) is 6.07 Å². The molecule has 1 aromatic heterocycles. The number of aromatic nitrogens is 1. The summed E-state index contributed by atoms with van der Waals surface area (Å²) >= 11 is 5.40. The number of pyridine rings is 1. The first kappa shape index (κ1) is 12.4. The van der Waals surface area contributed by atoms with Crippen LogP contribution in [0.15, 0.2) is 29.7 Å². The summed E-state index contributed by atoms with van der Waals surface area (Å²) in [5, 5.41) is 5.80. The SMILES string of the molecule is O=NN(CCCl)C(=O)NCc1ccccn1. The van der Waals surface area contributed by atoms with Crippen molar-refractivity contribution in [3.05, 3.63) is 35.0 Å². The number of hydrogen-bond donors (Lipinski definition) is 1. The van der Waals surface area contributed by atoms with E-state index in [0.29, 0.717) is 5.69 Å². The van der Waals surface area contributed by atoms with Gasteiger partial charge in [-0.3, -0.25) is 4.98 Å². The lowest BCUT2D eigenvalue weighted by Gasteiger charge is -2.12. The molecule has 0 aliphatic heterocycles. The number of hydrogen-bond acceptors (Lipinski definition) is 4. The van der Waals surface area contributed by atoms with Gasteiger partial charge in [-0.25, -0.2) is 4.79 Å². The molecule has 86 valence electrons. The maximum absolute atomic E-state index is 11.4. The van der Waals surface area contributed by atoms with Crippen LogP contribution in [-0.2, 0) is 6.54 Å². The maximum Gasteiger partial charge on any atom is 0.340 e. The summed E-state index contributed by atoms with van der Waals surface area (Å²) in [6.07, 6.45) is 1.62. The number of carbonyl (C=O) groups excluding carboxylic acids is 1. The zero-order valence-corrected chi connectivity index (χ0v) is 9.22. The first-order valence-electron chi connectivity index (χ1n) is 4.62. The van der Waals surface area contributed by atoms with E-state index in [2.05, 4.69) is 15.6 Å². The quantitative estimate of drug-likeness (QED) is 0.483. The third-order valence-electron chi connectivity index (χ3n) is 1.78. The van der Waals surface area contributed by atoms with Gasteiger partial charge in [0.1, 0.15) is 0 Å². The molecule has 1 aromatic rings. The van der Waals surface area contributed by atoms with E-state index in [1.54, 1.807) is 18.3 Å². The summed E-state index contributed by atoms with van der Waals surface area (Å²) in [6.45, 7) is 0.326. The highest BCUT2D eigenvalue weighted by atomic mass is 35.5. The van der Waals surface area contributed by atoms with Crippen molar-refractivity contribution in [3.63, 3.8) is 0 Å². The summed E-state index contributed by atoms with van der Waals surface area (Å²) < 4.78 is 0. The molecule has 2 amide bonds. The van der Waals surface area contributed by atoms with Crippen LogP contribution < -0.4 is 5.32 Å². The standard InChI is InChI=1S/C9H11ClN4O2/c10-4-6-14(13-16)9(15)12-7-8-3-1-2-5-11-8/h1-3,5H,4,6-7H2,(H,12,15). The van der Waals surface area contributed by atoms with Crippen LogP contribution in [0.2, 0.25) is 0 Å². The Balaban J connectivity index is 2.42. The molecule has 0 aliphatic rings. The fraction of sp³-hybridized carbons (Fsp3) is 0.333. The Bertz CT molecular complexity index is 347. The normalized spacial score (nSPS) is 9.56. The average molecular weight is 243 g/mol. The van der Waals surface area contributed by atoms with E-state index in [9.17, 15) is 9.70 Å². The molecule has 1 heterocycles. The second-order valence-corrected chi connectivity index (χ2v) is 3.25. The molecule has 0 saturated carbocycles. The van der Waals surface area contributed by atoms with Gasteiger partial charge in [0.2, 0.25) is 0 Å². The van der Waals surface area contributed by atoms with Crippen molar-refractivity contribution in [2.75, 3.05) is 12.4 Å². The smallest absolute Gasteiger partial charge is 0.331 e. The van der Waals surface area contributed by atoms with E-state index in [0.717, 1.165) is 5.01 Å². The van der Waals surface area contributed by atoms with Crippen LogP contribution >= 0.6 is 11.6 Å². The van der Waals surface area contributed by atoms with Crippen molar-refractivity contribution < 1.29 is 4.79 Å². The molecular formula is C9H11ClN4O2. The monoisotopic (exact) mass is 242 g/mol. The molecule has 0 bridgehead atoms. The summed E-state index contributed by atoms with van der Waals surface area (Å²) in [5.41, 5.74) is 0.701. The summed E-state index contributed by atoms with van der Waals surface area (Å²) in [5.74, 6) is 0.156. The van der Waals surface area contributed by atoms with Crippen molar-refractivity contribution in [3.8, 4) is 0 Å². The van der Waals surface area contributed by atoms with Gasteiger partial charge in [-0.2, -0.15) is 5.01 Å². The van der Waals surface area contributed by atoms with E-state index in [1.165, 1.54) is 0 Å². The Morgan fingerprint density at radius 3 is 2.94 bits per heavy atom. The summed E-state index contributed by atoms with van der Waals surface area (Å²) in [6, 6.07) is 4.77. The molecule has 0 unspecified atom stereocenters. The van der Waals surface area contributed by atoms with Gasteiger partial charge in [0.05, 0.1) is 24.1 Å². The van der Waals surface area contributed by atoms with Crippen LogP contribution in [0.1, 0.15) is 5.69 Å². The largest absolute Gasteiger partial charge is 0.340 e. The minimum atomic E-state index is -0.582. The molecule has 0 fully saturated rings. The minimum absolute atomic E-state index is 0.0824. The third kappa shape index (κ3) is 3.82. The maximum atomic E-state index is 11.4. The highest BCUT2D eigenvalue weighted by molar-refractivity contribution is 6.18. The van der Waals surface area contributed by atoms with Crippen molar-refractivity contribution >= 4 is 17.6 Å². The molecule has 1 rings (SSSR count). The van der Waals surface area contributed by atoms with Gasteiger partial charge < -0.3 is 5.32 Å². The molecule has 0 aliphatic carbocycles. The molecule has 0 radical (unpaired) electrons. The molecule has 1 N–H and O–H groups in total. The fourth-order valence-electron chi connectivity index (χ4n) is 1.02. The van der Waals surface area contributed by atoms with Gasteiger partial charge in [-0.05, 0) is 12.1 Å². The molecule has 0 aromatic carbocycles. The highest BCUT2D eigenvalue weighted by Crippen LogP contribution is 1.95. The van der Waals surface area contributed by atoms with Gasteiger partial charge >= 0.3 is 6.03 Å². The lowest BCUT2D eigenvalue weighted by molar-refractivity contribution is 0.201. The minimum Gasteiger partial charge on any atom is -0.331 e. The number of rotatable bonds is 5. The van der Waals surface area contributed by atoms with Crippen LogP contribution in [0, 0.1) is 4.91 Å². The summed E-state index contributed by atoms with van der Waals surface area (Å²) in [7, 11) is 0. The van der Waals surface area contributed by atoms with Gasteiger partial charge in [-0.15, -0.1) is 16.5 Å². The van der Waals surface area contributed by atoms with Crippen molar-refractivity contribution in [1.29, 1.82) is 0 Å². The zero-order valence-electron chi connectivity index (χ0n) is 8.47. The number of halogens is 1. The number of urea groups is 1.